The number of carbonyl (C=O) groups excluding carboxylic acids is 2. The first-order valence-electron chi connectivity index (χ1n) is 10.1. The second kappa shape index (κ2) is 8.51. The summed E-state index contributed by atoms with van der Waals surface area (Å²) in [7, 11) is 0. The number of rotatable bonds is 5. The minimum absolute atomic E-state index is 0.0313. The van der Waals surface area contributed by atoms with E-state index < -0.39 is 12.1 Å². The molecular formula is C22H26O4S. The molecule has 2 saturated carbocycles. The number of para-hydroxylation sites is 1. The molecule has 4 nitrogen and oxygen atoms in total. The summed E-state index contributed by atoms with van der Waals surface area (Å²) in [5, 5.41) is 1.62. The van der Waals surface area contributed by atoms with Gasteiger partial charge in [-0.1, -0.05) is 37.5 Å². The van der Waals surface area contributed by atoms with E-state index in [2.05, 4.69) is 0 Å². The van der Waals surface area contributed by atoms with Crippen LogP contribution in [0.4, 0.5) is 0 Å². The van der Waals surface area contributed by atoms with E-state index in [1.165, 1.54) is 32.1 Å². The molecule has 1 aromatic carbocycles. The Morgan fingerprint density at radius 1 is 1.07 bits per heavy atom. The maximum Gasteiger partial charge on any atom is 0.375 e. The second-order valence-corrected chi connectivity index (χ2v) is 8.87. The quantitative estimate of drug-likeness (QED) is 0.620. The summed E-state index contributed by atoms with van der Waals surface area (Å²) in [5.74, 6) is 0.553. The van der Waals surface area contributed by atoms with Crippen LogP contribution in [0.25, 0.3) is 11.0 Å². The van der Waals surface area contributed by atoms with Crippen LogP contribution in [0.15, 0.2) is 28.7 Å². The van der Waals surface area contributed by atoms with E-state index in [4.69, 9.17) is 9.15 Å². The summed E-state index contributed by atoms with van der Waals surface area (Å²) in [6.45, 7) is 0. The van der Waals surface area contributed by atoms with Gasteiger partial charge < -0.3 is 9.15 Å². The highest BCUT2D eigenvalue weighted by molar-refractivity contribution is 7.99. The molecule has 144 valence electrons. The number of fused-ring (bicyclic) bond motifs is 1. The van der Waals surface area contributed by atoms with Crippen LogP contribution < -0.4 is 0 Å². The van der Waals surface area contributed by atoms with E-state index in [9.17, 15) is 9.59 Å². The van der Waals surface area contributed by atoms with Gasteiger partial charge in [0.15, 0.2) is 11.9 Å². The number of Topliss-reactive ketones (excluding diaryl/α,β-unsaturated/α-hetero) is 1. The van der Waals surface area contributed by atoms with Gasteiger partial charge in [-0.2, -0.15) is 11.8 Å². The zero-order valence-corrected chi connectivity index (χ0v) is 16.4. The summed E-state index contributed by atoms with van der Waals surface area (Å²) in [4.78, 5) is 24.9. The van der Waals surface area contributed by atoms with E-state index in [-0.39, 0.29) is 11.5 Å². The third kappa shape index (κ3) is 4.23. The molecule has 2 aliphatic rings. The highest BCUT2D eigenvalue weighted by Crippen LogP contribution is 2.35. The normalized spacial score (nSPS) is 21.5. The van der Waals surface area contributed by atoms with Gasteiger partial charge in [0, 0.05) is 28.4 Å². The number of thioether (sulfide) groups is 1. The highest BCUT2D eigenvalue weighted by Gasteiger charge is 2.30. The maximum absolute atomic E-state index is 12.8. The summed E-state index contributed by atoms with van der Waals surface area (Å²) in [6, 6.07) is 7.75. The number of hydrogen-bond donors (Lipinski definition) is 0. The Morgan fingerprint density at radius 3 is 2.67 bits per heavy atom. The number of carbonyl (C=O) groups is 2. The number of ketones is 1. The van der Waals surface area contributed by atoms with Gasteiger partial charge in [0.05, 0.1) is 0 Å². The van der Waals surface area contributed by atoms with Crippen LogP contribution in [-0.2, 0) is 15.3 Å². The first-order valence-corrected chi connectivity index (χ1v) is 11.1. The molecule has 0 unspecified atom stereocenters. The molecule has 0 aliphatic heterocycles. The summed E-state index contributed by atoms with van der Waals surface area (Å²) in [5.41, 5.74) is 1.62. The minimum Gasteiger partial charge on any atom is -0.449 e. The molecule has 0 amide bonds. The largest absolute Gasteiger partial charge is 0.449 e. The van der Waals surface area contributed by atoms with Crippen LogP contribution in [0, 0.1) is 0 Å². The van der Waals surface area contributed by atoms with Crippen LogP contribution in [0.5, 0.6) is 0 Å². The first kappa shape index (κ1) is 18.6. The van der Waals surface area contributed by atoms with Crippen LogP contribution in [0.3, 0.4) is 0 Å². The zero-order valence-electron chi connectivity index (χ0n) is 15.6. The number of ether oxygens (including phenoxy) is 1. The van der Waals surface area contributed by atoms with Gasteiger partial charge in [-0.25, -0.2) is 4.79 Å². The predicted molar refractivity (Wildman–Crippen MR) is 107 cm³/mol. The van der Waals surface area contributed by atoms with Gasteiger partial charge >= 0.3 is 5.97 Å². The molecule has 0 bridgehead atoms. The molecule has 0 N–H and O–H groups in total. The van der Waals surface area contributed by atoms with Crippen molar-refractivity contribution in [3.05, 3.63) is 35.6 Å². The fourth-order valence-corrected chi connectivity index (χ4v) is 5.45. The molecule has 2 aromatic rings. The van der Waals surface area contributed by atoms with Crippen molar-refractivity contribution in [3.63, 3.8) is 0 Å². The third-order valence-electron chi connectivity index (χ3n) is 5.65. The minimum atomic E-state index is -0.613. The molecular weight excluding hydrogens is 360 g/mol. The SMILES string of the molecule is O=C(O[C@@H]1CCCCC1=O)c1oc2ccccc2c1CSC1CCCCC1. The molecule has 1 heterocycles. The topological polar surface area (TPSA) is 56.5 Å². The lowest BCUT2D eigenvalue weighted by atomic mass is 9.96. The summed E-state index contributed by atoms with van der Waals surface area (Å²) < 4.78 is 11.4. The Balaban J connectivity index is 1.55. The number of hydrogen-bond acceptors (Lipinski definition) is 5. The molecule has 2 fully saturated rings. The van der Waals surface area contributed by atoms with E-state index >= 15 is 0 Å². The average Bonchev–Trinajstić information content (AvgIpc) is 3.08. The summed E-state index contributed by atoms with van der Waals surface area (Å²) >= 11 is 1.91. The van der Waals surface area contributed by atoms with E-state index in [1.807, 2.05) is 36.0 Å². The Kier molecular flexibility index (Phi) is 5.86. The monoisotopic (exact) mass is 386 g/mol. The van der Waals surface area contributed by atoms with Gasteiger partial charge in [-0.15, -0.1) is 0 Å². The number of esters is 1. The van der Waals surface area contributed by atoms with Crippen LogP contribution in [0.1, 0.15) is 73.9 Å². The highest BCUT2D eigenvalue weighted by atomic mass is 32.2. The molecule has 5 heteroatoms. The Bertz CT molecular complexity index is 819. The fourth-order valence-electron chi connectivity index (χ4n) is 4.10. The van der Waals surface area contributed by atoms with E-state index in [1.54, 1.807) is 0 Å². The summed E-state index contributed by atoms with van der Waals surface area (Å²) in [6.07, 6.45) is 8.74. The predicted octanol–water partition coefficient (Wildman–Crippen LogP) is 5.67. The van der Waals surface area contributed by atoms with Crippen molar-refractivity contribution < 1.29 is 18.7 Å². The second-order valence-electron chi connectivity index (χ2n) is 7.58. The lowest BCUT2D eigenvalue weighted by Crippen LogP contribution is -2.30. The average molecular weight is 387 g/mol. The maximum atomic E-state index is 12.8. The molecule has 0 radical (unpaired) electrons. The van der Waals surface area contributed by atoms with Gasteiger partial charge in [0.25, 0.3) is 0 Å². The van der Waals surface area contributed by atoms with E-state index in [0.717, 1.165) is 29.5 Å². The van der Waals surface area contributed by atoms with Gasteiger partial charge in [0.2, 0.25) is 5.76 Å². The smallest absolute Gasteiger partial charge is 0.375 e. The molecule has 4 rings (SSSR count). The molecule has 2 aliphatic carbocycles. The molecule has 1 aromatic heterocycles. The number of benzene rings is 1. The van der Waals surface area contributed by atoms with Gasteiger partial charge in [-0.3, -0.25) is 4.79 Å². The molecule has 0 spiro atoms. The van der Waals surface area contributed by atoms with Crippen LogP contribution in [-0.4, -0.2) is 23.1 Å². The van der Waals surface area contributed by atoms with Crippen molar-refractivity contribution in [3.8, 4) is 0 Å². The Morgan fingerprint density at radius 2 is 1.85 bits per heavy atom. The van der Waals surface area contributed by atoms with Gasteiger partial charge in [0.1, 0.15) is 5.58 Å². The van der Waals surface area contributed by atoms with Gasteiger partial charge in [-0.05, 0) is 38.2 Å². The van der Waals surface area contributed by atoms with Crippen molar-refractivity contribution >= 4 is 34.5 Å². The molecule has 1 atom stereocenters. The van der Waals surface area contributed by atoms with Crippen molar-refractivity contribution in [2.24, 2.45) is 0 Å². The van der Waals surface area contributed by atoms with Crippen molar-refractivity contribution in [1.29, 1.82) is 0 Å². The first-order chi connectivity index (χ1) is 13.2. The van der Waals surface area contributed by atoms with E-state index in [0.29, 0.717) is 23.7 Å². The van der Waals surface area contributed by atoms with Crippen LogP contribution >= 0.6 is 11.8 Å². The lowest BCUT2D eigenvalue weighted by Gasteiger charge is -2.21. The fraction of sp³-hybridized carbons (Fsp3) is 0.545. The zero-order chi connectivity index (χ0) is 18.6. The van der Waals surface area contributed by atoms with Crippen LogP contribution in [0.2, 0.25) is 0 Å². The molecule has 0 saturated heterocycles. The Labute approximate surface area is 164 Å². The number of furan rings is 1. The Hall–Kier alpha value is -1.75. The van der Waals surface area contributed by atoms with Crippen molar-refractivity contribution in [2.45, 2.75) is 74.9 Å². The standard InChI is InChI=1S/C22H26O4S/c23-18-11-5-7-13-20(18)26-22(24)21-17(14-27-15-8-2-1-3-9-15)16-10-4-6-12-19(16)25-21/h4,6,10,12,15,20H,1-3,5,7-9,11,13-14H2/t20-/m1/s1. The lowest BCUT2D eigenvalue weighted by molar-refractivity contribution is -0.130. The van der Waals surface area contributed by atoms with Crippen molar-refractivity contribution in [2.75, 3.05) is 0 Å². The third-order valence-corrected chi connectivity index (χ3v) is 7.05. The van der Waals surface area contributed by atoms with Crippen molar-refractivity contribution in [1.82, 2.24) is 0 Å². The molecule has 27 heavy (non-hydrogen) atoms.